The molecule has 5 aromatic rings. The van der Waals surface area contributed by atoms with Crippen molar-refractivity contribution >= 4 is 65.9 Å². The maximum Gasteiger partial charge on any atom is 0.236 e. The lowest BCUT2D eigenvalue weighted by Gasteiger charge is -2.05. The molecule has 0 saturated heterocycles. The Bertz CT molecular complexity index is 1360. The highest BCUT2D eigenvalue weighted by molar-refractivity contribution is 8.00. The van der Waals surface area contributed by atoms with Crippen LogP contribution in [0.3, 0.4) is 0 Å². The van der Waals surface area contributed by atoms with Crippen molar-refractivity contribution in [2.45, 2.75) is 11.9 Å². The van der Waals surface area contributed by atoms with Crippen LogP contribution in [0.1, 0.15) is 5.56 Å². The minimum absolute atomic E-state index is 0.0981. The summed E-state index contributed by atoms with van der Waals surface area (Å²) in [7, 11) is 0. The van der Waals surface area contributed by atoms with E-state index in [1.54, 1.807) is 17.7 Å². The van der Waals surface area contributed by atoms with E-state index in [0.717, 1.165) is 42.1 Å². The summed E-state index contributed by atoms with van der Waals surface area (Å²) in [6, 6.07) is 16.3. The molecule has 0 unspecified atom stereocenters. The van der Waals surface area contributed by atoms with Gasteiger partial charge < -0.3 is 5.32 Å². The minimum Gasteiger partial charge on any atom is -0.301 e. The van der Waals surface area contributed by atoms with Gasteiger partial charge in [-0.15, -0.1) is 11.3 Å². The number of anilines is 1. The molecular formula is C22H16N4OS3. The zero-order chi connectivity index (χ0) is 20.5. The minimum atomic E-state index is -0.0981. The molecule has 30 heavy (non-hydrogen) atoms. The molecule has 0 aliphatic heterocycles. The SMILES string of the molecule is Cc1ccc2sc(NC(=O)CSc3ncnc4scc(-c5ccccc5)c34)nc2c1. The van der Waals surface area contributed by atoms with Crippen LogP contribution in [0.4, 0.5) is 5.13 Å². The van der Waals surface area contributed by atoms with Crippen LogP contribution in [0.25, 0.3) is 31.6 Å². The maximum absolute atomic E-state index is 12.6. The van der Waals surface area contributed by atoms with Gasteiger partial charge in [0.25, 0.3) is 0 Å². The van der Waals surface area contributed by atoms with Crippen LogP contribution in [0, 0.1) is 6.92 Å². The van der Waals surface area contributed by atoms with Crippen LogP contribution in [0.15, 0.2) is 65.3 Å². The molecule has 0 atom stereocenters. The Hall–Kier alpha value is -2.81. The smallest absolute Gasteiger partial charge is 0.236 e. The number of nitrogens with zero attached hydrogens (tertiary/aromatic N) is 3. The summed E-state index contributed by atoms with van der Waals surface area (Å²) in [5.41, 5.74) is 4.28. The molecule has 2 aromatic carbocycles. The second-order valence-corrected chi connectivity index (χ2v) is 9.55. The zero-order valence-corrected chi connectivity index (χ0v) is 18.4. The molecule has 0 spiro atoms. The lowest BCUT2D eigenvalue weighted by atomic mass is 10.1. The van der Waals surface area contributed by atoms with Gasteiger partial charge in [0.2, 0.25) is 5.91 Å². The Labute approximate surface area is 185 Å². The number of benzene rings is 2. The van der Waals surface area contributed by atoms with E-state index in [-0.39, 0.29) is 11.7 Å². The quantitative estimate of drug-likeness (QED) is 0.263. The summed E-state index contributed by atoms with van der Waals surface area (Å²) in [4.78, 5) is 26.8. The zero-order valence-electron chi connectivity index (χ0n) is 16.0. The van der Waals surface area contributed by atoms with E-state index in [9.17, 15) is 4.79 Å². The van der Waals surface area contributed by atoms with Gasteiger partial charge in [-0.05, 0) is 30.2 Å². The highest BCUT2D eigenvalue weighted by Gasteiger charge is 2.15. The van der Waals surface area contributed by atoms with E-state index >= 15 is 0 Å². The molecule has 0 aliphatic rings. The van der Waals surface area contributed by atoms with E-state index in [4.69, 9.17) is 0 Å². The van der Waals surface area contributed by atoms with E-state index in [2.05, 4.69) is 37.8 Å². The standard InChI is InChI=1S/C22H16N4OS3/c1-13-7-8-17-16(9-13)25-22(30-17)26-18(27)11-29-21-19-15(14-5-3-2-4-6-14)10-28-20(19)23-12-24-21/h2-10,12H,11H2,1H3,(H,25,26,27). The first-order valence-electron chi connectivity index (χ1n) is 9.25. The number of carbonyl (C=O) groups is 1. The van der Waals surface area contributed by atoms with Gasteiger partial charge in [0.15, 0.2) is 5.13 Å². The molecule has 3 aromatic heterocycles. The van der Waals surface area contributed by atoms with Crippen molar-refractivity contribution in [3.8, 4) is 11.1 Å². The maximum atomic E-state index is 12.6. The monoisotopic (exact) mass is 448 g/mol. The number of hydrogen-bond acceptors (Lipinski definition) is 7. The summed E-state index contributed by atoms with van der Waals surface area (Å²) in [6.07, 6.45) is 1.56. The van der Waals surface area contributed by atoms with Crippen molar-refractivity contribution in [1.82, 2.24) is 15.0 Å². The number of amides is 1. The van der Waals surface area contributed by atoms with Crippen molar-refractivity contribution in [3.63, 3.8) is 0 Å². The van der Waals surface area contributed by atoms with E-state index < -0.39 is 0 Å². The second-order valence-electron chi connectivity index (χ2n) is 6.70. The first-order valence-corrected chi connectivity index (χ1v) is 11.9. The van der Waals surface area contributed by atoms with Crippen LogP contribution in [-0.4, -0.2) is 26.6 Å². The van der Waals surface area contributed by atoms with E-state index in [1.165, 1.54) is 23.1 Å². The molecule has 0 fully saturated rings. The third-order valence-electron chi connectivity index (χ3n) is 4.55. The van der Waals surface area contributed by atoms with Crippen molar-refractivity contribution in [2.75, 3.05) is 11.1 Å². The number of rotatable bonds is 5. The fourth-order valence-electron chi connectivity index (χ4n) is 3.17. The first kappa shape index (κ1) is 19.2. The summed E-state index contributed by atoms with van der Waals surface area (Å²) >= 11 is 4.49. The van der Waals surface area contributed by atoms with Crippen LogP contribution >= 0.6 is 34.4 Å². The number of aromatic nitrogens is 3. The second kappa shape index (κ2) is 8.14. The summed E-state index contributed by atoms with van der Waals surface area (Å²) < 4.78 is 1.06. The summed E-state index contributed by atoms with van der Waals surface area (Å²) in [5.74, 6) is 0.157. The number of thiazole rings is 1. The average molecular weight is 449 g/mol. The summed E-state index contributed by atoms with van der Waals surface area (Å²) in [5, 5.41) is 7.45. The first-order chi connectivity index (χ1) is 14.7. The molecule has 0 saturated carbocycles. The van der Waals surface area contributed by atoms with Gasteiger partial charge in [0.05, 0.1) is 21.4 Å². The predicted molar refractivity (Wildman–Crippen MR) is 127 cm³/mol. The average Bonchev–Trinajstić information content (AvgIpc) is 3.36. The molecule has 1 N–H and O–H groups in total. The number of carbonyl (C=O) groups excluding carboxylic acids is 1. The van der Waals surface area contributed by atoms with Crippen molar-refractivity contribution in [2.24, 2.45) is 0 Å². The molecule has 0 bridgehead atoms. The van der Waals surface area contributed by atoms with Gasteiger partial charge in [0, 0.05) is 10.9 Å². The normalized spacial score (nSPS) is 11.2. The van der Waals surface area contributed by atoms with Crippen molar-refractivity contribution < 1.29 is 4.79 Å². The Morgan fingerprint density at radius 3 is 2.87 bits per heavy atom. The predicted octanol–water partition coefficient (Wildman–Crippen LogP) is 6.01. The number of nitrogens with one attached hydrogen (secondary N) is 1. The molecule has 0 radical (unpaired) electrons. The Morgan fingerprint density at radius 2 is 2.00 bits per heavy atom. The van der Waals surface area contributed by atoms with E-state index in [0.29, 0.717) is 5.13 Å². The molecule has 1 amide bonds. The van der Waals surface area contributed by atoms with Gasteiger partial charge >= 0.3 is 0 Å². The Balaban J connectivity index is 1.35. The van der Waals surface area contributed by atoms with Gasteiger partial charge in [-0.1, -0.05) is 59.5 Å². The van der Waals surface area contributed by atoms with Gasteiger partial charge in [-0.3, -0.25) is 4.79 Å². The molecule has 148 valence electrons. The molecule has 5 rings (SSSR count). The van der Waals surface area contributed by atoms with Crippen LogP contribution in [0.2, 0.25) is 0 Å². The number of hydrogen-bond donors (Lipinski definition) is 1. The van der Waals surface area contributed by atoms with Crippen LogP contribution < -0.4 is 5.32 Å². The third-order valence-corrected chi connectivity index (χ3v) is 7.38. The molecule has 3 heterocycles. The Morgan fingerprint density at radius 1 is 1.13 bits per heavy atom. The summed E-state index contributed by atoms with van der Waals surface area (Å²) in [6.45, 7) is 2.03. The van der Waals surface area contributed by atoms with Crippen molar-refractivity contribution in [3.05, 3.63) is 65.8 Å². The van der Waals surface area contributed by atoms with Crippen LogP contribution in [0.5, 0.6) is 0 Å². The highest BCUT2D eigenvalue weighted by Crippen LogP contribution is 2.37. The lowest BCUT2D eigenvalue weighted by Crippen LogP contribution is -2.13. The number of thiophene rings is 1. The molecular weight excluding hydrogens is 432 g/mol. The van der Waals surface area contributed by atoms with Gasteiger partial charge in [0.1, 0.15) is 16.2 Å². The largest absolute Gasteiger partial charge is 0.301 e. The topological polar surface area (TPSA) is 67.8 Å². The third kappa shape index (κ3) is 3.81. The van der Waals surface area contributed by atoms with E-state index in [1.807, 2.05) is 43.3 Å². The van der Waals surface area contributed by atoms with Crippen molar-refractivity contribution in [1.29, 1.82) is 0 Å². The number of fused-ring (bicyclic) bond motifs is 2. The number of thioether (sulfide) groups is 1. The fraction of sp³-hybridized carbons (Fsp3) is 0.0909. The van der Waals surface area contributed by atoms with Gasteiger partial charge in [-0.25, -0.2) is 15.0 Å². The Kier molecular flexibility index (Phi) is 5.20. The molecule has 5 nitrogen and oxygen atoms in total. The van der Waals surface area contributed by atoms with Crippen LogP contribution in [-0.2, 0) is 4.79 Å². The lowest BCUT2D eigenvalue weighted by molar-refractivity contribution is -0.113. The molecule has 0 aliphatic carbocycles. The highest BCUT2D eigenvalue weighted by atomic mass is 32.2. The number of aryl methyl sites for hydroxylation is 1. The molecule has 8 heteroatoms. The fourth-order valence-corrected chi connectivity index (χ4v) is 5.82. The van der Waals surface area contributed by atoms with Gasteiger partial charge in [-0.2, -0.15) is 0 Å².